The molecule has 2 atom stereocenters. The summed E-state index contributed by atoms with van der Waals surface area (Å²) in [6.07, 6.45) is 0.533. The monoisotopic (exact) mass is 516 g/mol. The fraction of sp³-hybridized carbons (Fsp3) is 0.136. The van der Waals surface area contributed by atoms with Gasteiger partial charge in [0.05, 0.1) is 16.2 Å². The van der Waals surface area contributed by atoms with Crippen LogP contribution in [0.15, 0.2) is 80.8 Å². The largest absolute Gasteiger partial charge is 0.463 e. The topological polar surface area (TPSA) is 24.8 Å². The van der Waals surface area contributed by atoms with E-state index in [4.69, 9.17) is 21.4 Å². The Hall–Kier alpha value is -1.82. The molecule has 5 rings (SSSR count). The fourth-order valence-corrected chi connectivity index (χ4v) is 5.25. The molecule has 140 valence electrons. The molecule has 0 aromatic heterocycles. The van der Waals surface area contributed by atoms with Crippen LogP contribution in [0.3, 0.4) is 0 Å². The maximum Gasteiger partial charge on any atom is 0.213 e. The summed E-state index contributed by atoms with van der Waals surface area (Å²) in [5.74, 6) is 0.880. The highest BCUT2D eigenvalue weighted by molar-refractivity contribution is 9.11. The van der Waals surface area contributed by atoms with Gasteiger partial charge in [-0.3, -0.25) is 0 Å². The molecule has 0 spiro atoms. The van der Waals surface area contributed by atoms with Gasteiger partial charge in [-0.05, 0) is 45.8 Å². The molecule has 2 heterocycles. The van der Waals surface area contributed by atoms with E-state index in [1.807, 2.05) is 48.5 Å². The van der Waals surface area contributed by atoms with Crippen LogP contribution in [0.2, 0.25) is 5.02 Å². The molecule has 0 fully saturated rings. The lowest BCUT2D eigenvalue weighted by Gasteiger charge is -2.38. The molecule has 28 heavy (non-hydrogen) atoms. The summed E-state index contributed by atoms with van der Waals surface area (Å²) in [6.45, 7) is 0. The zero-order chi connectivity index (χ0) is 19.3. The van der Waals surface area contributed by atoms with Crippen molar-refractivity contribution in [2.75, 3.05) is 0 Å². The SMILES string of the molecule is Clc1ccc(C2=NN3C(C2)c2cc(Br)cc(Br)c2OC3c2ccccc2)cc1. The average molecular weight is 519 g/mol. The third-order valence-electron chi connectivity index (χ3n) is 5.07. The minimum Gasteiger partial charge on any atom is -0.463 e. The first-order valence-corrected chi connectivity index (χ1v) is 10.9. The minimum absolute atomic E-state index is 0.105. The predicted molar refractivity (Wildman–Crippen MR) is 119 cm³/mol. The molecule has 0 N–H and O–H groups in total. The van der Waals surface area contributed by atoms with Crippen LogP contribution in [0.4, 0.5) is 0 Å². The minimum atomic E-state index is -0.277. The number of fused-ring (bicyclic) bond motifs is 3. The Bertz CT molecular complexity index is 1070. The van der Waals surface area contributed by atoms with Crippen molar-refractivity contribution in [3.8, 4) is 5.75 Å². The summed E-state index contributed by atoms with van der Waals surface area (Å²) >= 11 is 13.3. The highest BCUT2D eigenvalue weighted by atomic mass is 79.9. The van der Waals surface area contributed by atoms with E-state index in [0.29, 0.717) is 0 Å². The number of hydrogen-bond acceptors (Lipinski definition) is 3. The highest BCUT2D eigenvalue weighted by Gasteiger charge is 2.41. The number of ether oxygens (including phenoxy) is 1. The molecular weight excluding hydrogens is 504 g/mol. The van der Waals surface area contributed by atoms with Crippen molar-refractivity contribution in [1.82, 2.24) is 5.01 Å². The van der Waals surface area contributed by atoms with E-state index >= 15 is 0 Å². The predicted octanol–water partition coefficient (Wildman–Crippen LogP) is 7.11. The van der Waals surface area contributed by atoms with Crippen molar-refractivity contribution in [2.45, 2.75) is 18.7 Å². The Labute approximate surface area is 185 Å². The second kappa shape index (κ2) is 7.21. The lowest BCUT2D eigenvalue weighted by atomic mass is 9.96. The molecule has 2 aliphatic rings. The average Bonchev–Trinajstić information content (AvgIpc) is 3.14. The Morgan fingerprint density at radius 1 is 1.00 bits per heavy atom. The maximum absolute atomic E-state index is 6.45. The third kappa shape index (κ3) is 3.15. The van der Waals surface area contributed by atoms with Gasteiger partial charge in [-0.15, -0.1) is 0 Å². The molecule has 2 unspecified atom stereocenters. The number of halogens is 3. The van der Waals surface area contributed by atoms with Gasteiger partial charge in [0.2, 0.25) is 6.23 Å². The molecule has 0 radical (unpaired) electrons. The molecule has 3 aromatic rings. The Kier molecular flexibility index (Phi) is 4.69. The summed E-state index contributed by atoms with van der Waals surface area (Å²) in [7, 11) is 0. The van der Waals surface area contributed by atoms with Crippen molar-refractivity contribution < 1.29 is 4.74 Å². The first kappa shape index (κ1) is 18.2. The van der Waals surface area contributed by atoms with E-state index in [-0.39, 0.29) is 12.3 Å². The molecular formula is C22H15Br2ClN2O. The third-order valence-corrected chi connectivity index (χ3v) is 6.37. The van der Waals surface area contributed by atoms with E-state index in [2.05, 4.69) is 55.1 Å². The molecule has 0 aliphatic carbocycles. The Balaban J connectivity index is 1.63. The number of hydrazone groups is 1. The molecule has 3 aromatic carbocycles. The first-order chi connectivity index (χ1) is 13.6. The molecule has 6 heteroatoms. The maximum atomic E-state index is 6.45. The van der Waals surface area contributed by atoms with Gasteiger partial charge in [-0.2, -0.15) is 5.10 Å². The van der Waals surface area contributed by atoms with Crippen molar-refractivity contribution >= 4 is 49.2 Å². The molecule has 0 saturated heterocycles. The molecule has 2 aliphatic heterocycles. The summed E-state index contributed by atoms with van der Waals surface area (Å²) in [5, 5.41) is 7.79. The van der Waals surface area contributed by atoms with Crippen LogP contribution in [0, 0.1) is 0 Å². The van der Waals surface area contributed by atoms with Gasteiger partial charge in [0.25, 0.3) is 0 Å². The second-order valence-corrected chi connectivity index (χ2v) is 9.05. The van der Waals surface area contributed by atoms with Crippen LogP contribution < -0.4 is 4.74 Å². The fourth-order valence-electron chi connectivity index (χ4n) is 3.77. The zero-order valence-electron chi connectivity index (χ0n) is 14.6. The lowest BCUT2D eigenvalue weighted by molar-refractivity contribution is -0.0197. The van der Waals surface area contributed by atoms with Crippen LogP contribution >= 0.6 is 43.5 Å². The standard InChI is InChI=1S/C22H15Br2ClN2O/c23-15-10-17-20-12-19(13-6-8-16(25)9-7-13)26-27(20)22(14-4-2-1-3-5-14)28-21(17)18(24)11-15/h1-11,20,22H,12H2. The Morgan fingerprint density at radius 3 is 2.50 bits per heavy atom. The van der Waals surface area contributed by atoms with Gasteiger partial charge in [0, 0.05) is 27.0 Å². The van der Waals surface area contributed by atoms with Crippen LogP contribution in [0.5, 0.6) is 5.75 Å². The second-order valence-electron chi connectivity index (χ2n) is 6.84. The van der Waals surface area contributed by atoms with E-state index in [1.165, 1.54) is 0 Å². The van der Waals surface area contributed by atoms with Gasteiger partial charge in [-0.1, -0.05) is 70.0 Å². The lowest BCUT2D eigenvalue weighted by Crippen LogP contribution is -2.33. The van der Waals surface area contributed by atoms with Gasteiger partial charge < -0.3 is 4.74 Å². The van der Waals surface area contributed by atoms with Crippen LogP contribution in [0.25, 0.3) is 0 Å². The van der Waals surface area contributed by atoms with E-state index in [9.17, 15) is 0 Å². The van der Waals surface area contributed by atoms with E-state index in [1.54, 1.807) is 0 Å². The molecule has 0 bridgehead atoms. The van der Waals surface area contributed by atoms with Crippen LogP contribution in [0.1, 0.15) is 35.4 Å². The van der Waals surface area contributed by atoms with Crippen LogP contribution in [-0.4, -0.2) is 10.7 Å². The van der Waals surface area contributed by atoms with Gasteiger partial charge in [0.1, 0.15) is 5.75 Å². The normalized spacial score (nSPS) is 20.2. The van der Waals surface area contributed by atoms with Gasteiger partial charge >= 0.3 is 0 Å². The first-order valence-electron chi connectivity index (χ1n) is 8.92. The Morgan fingerprint density at radius 2 is 1.75 bits per heavy atom. The van der Waals surface area contributed by atoms with Crippen molar-refractivity contribution in [3.05, 3.63) is 97.4 Å². The quantitative estimate of drug-likeness (QED) is 0.361. The molecule has 0 saturated carbocycles. The smallest absolute Gasteiger partial charge is 0.213 e. The van der Waals surface area contributed by atoms with Crippen LogP contribution in [-0.2, 0) is 0 Å². The molecule has 3 nitrogen and oxygen atoms in total. The van der Waals surface area contributed by atoms with E-state index < -0.39 is 0 Å². The summed E-state index contributed by atoms with van der Waals surface area (Å²) in [6, 6.07) is 22.3. The van der Waals surface area contributed by atoms with Gasteiger partial charge in [-0.25, -0.2) is 5.01 Å². The summed E-state index contributed by atoms with van der Waals surface area (Å²) < 4.78 is 8.41. The number of hydrogen-bond donors (Lipinski definition) is 0. The highest BCUT2D eigenvalue weighted by Crippen LogP contribution is 2.50. The summed E-state index contributed by atoms with van der Waals surface area (Å²) in [5.41, 5.74) is 4.33. The number of nitrogens with zero attached hydrogens (tertiary/aromatic N) is 2. The van der Waals surface area contributed by atoms with Crippen molar-refractivity contribution in [1.29, 1.82) is 0 Å². The number of benzene rings is 3. The molecule has 0 amide bonds. The number of rotatable bonds is 2. The van der Waals surface area contributed by atoms with E-state index in [0.717, 1.165) is 48.5 Å². The summed E-state index contributed by atoms with van der Waals surface area (Å²) in [4.78, 5) is 0. The zero-order valence-corrected chi connectivity index (χ0v) is 18.6. The van der Waals surface area contributed by atoms with Crippen molar-refractivity contribution in [2.24, 2.45) is 5.10 Å². The van der Waals surface area contributed by atoms with Gasteiger partial charge in [0.15, 0.2) is 0 Å². The van der Waals surface area contributed by atoms with Crippen molar-refractivity contribution in [3.63, 3.8) is 0 Å².